The summed E-state index contributed by atoms with van der Waals surface area (Å²) in [6.07, 6.45) is 2.11. The van der Waals surface area contributed by atoms with Crippen LogP contribution < -0.4 is 5.32 Å². The second kappa shape index (κ2) is 7.26. The van der Waals surface area contributed by atoms with Gasteiger partial charge in [0, 0.05) is 24.8 Å². The van der Waals surface area contributed by atoms with Gasteiger partial charge in [0.15, 0.2) is 0 Å². The Kier molecular flexibility index (Phi) is 6.25. The molecule has 0 spiro atoms. The Morgan fingerprint density at radius 1 is 1.25 bits per heavy atom. The molecule has 1 unspecified atom stereocenters. The molecule has 0 saturated carbocycles. The van der Waals surface area contributed by atoms with E-state index in [1.165, 1.54) is 11.4 Å². The van der Waals surface area contributed by atoms with E-state index in [1.807, 2.05) is 0 Å². The summed E-state index contributed by atoms with van der Waals surface area (Å²) in [6.45, 7) is 17.8. The Hall–Kier alpha value is -0.830. The monoisotopic (exact) mass is 279 g/mol. The van der Waals surface area contributed by atoms with Crippen LogP contribution in [0.1, 0.15) is 59.9 Å². The number of nitrogens with zero attached hydrogens (tertiary/aromatic N) is 2. The number of hydrogen-bond acceptors (Lipinski definition) is 2. The molecule has 3 heteroatoms. The van der Waals surface area contributed by atoms with Crippen LogP contribution in [0.15, 0.2) is 6.07 Å². The highest BCUT2D eigenvalue weighted by Gasteiger charge is 2.30. The Morgan fingerprint density at radius 3 is 2.35 bits per heavy atom. The average molecular weight is 279 g/mol. The molecule has 0 fully saturated rings. The lowest BCUT2D eigenvalue weighted by molar-refractivity contribution is 0.197. The van der Waals surface area contributed by atoms with Gasteiger partial charge in [-0.1, -0.05) is 41.5 Å². The maximum absolute atomic E-state index is 4.68. The van der Waals surface area contributed by atoms with Crippen LogP contribution in [0, 0.1) is 11.3 Å². The highest BCUT2D eigenvalue weighted by Crippen LogP contribution is 2.31. The van der Waals surface area contributed by atoms with Gasteiger partial charge in [0.2, 0.25) is 0 Å². The van der Waals surface area contributed by atoms with Crippen LogP contribution in [0.2, 0.25) is 0 Å². The fourth-order valence-corrected chi connectivity index (χ4v) is 2.43. The first-order valence-electron chi connectivity index (χ1n) is 8.11. The van der Waals surface area contributed by atoms with E-state index >= 15 is 0 Å². The van der Waals surface area contributed by atoms with Gasteiger partial charge in [-0.25, -0.2) is 0 Å². The Labute approximate surface area is 125 Å². The van der Waals surface area contributed by atoms with E-state index in [2.05, 4.69) is 69.6 Å². The van der Waals surface area contributed by atoms with Gasteiger partial charge in [-0.3, -0.25) is 4.68 Å². The largest absolute Gasteiger partial charge is 0.314 e. The zero-order chi connectivity index (χ0) is 15.3. The van der Waals surface area contributed by atoms with Gasteiger partial charge < -0.3 is 5.32 Å². The summed E-state index contributed by atoms with van der Waals surface area (Å²) in [5.41, 5.74) is 2.86. The molecule has 0 amide bonds. The molecule has 0 aliphatic rings. The van der Waals surface area contributed by atoms with E-state index in [4.69, 9.17) is 0 Å². The standard InChI is InChI=1S/C17H33N3/c1-8-15-10-16(20(9-2)19-15)11-17(7,13(3)4)12-18-14(5)6/h10,13-14,18H,8-9,11-12H2,1-7H3. The zero-order valence-electron chi connectivity index (χ0n) is 14.5. The average Bonchev–Trinajstić information content (AvgIpc) is 2.78. The second-order valence-corrected chi connectivity index (χ2v) is 6.82. The molecule has 3 nitrogen and oxygen atoms in total. The van der Waals surface area contributed by atoms with Crippen molar-refractivity contribution in [2.45, 2.75) is 73.9 Å². The van der Waals surface area contributed by atoms with Crippen molar-refractivity contribution < 1.29 is 0 Å². The van der Waals surface area contributed by atoms with E-state index in [0.717, 1.165) is 25.9 Å². The highest BCUT2D eigenvalue weighted by molar-refractivity contribution is 5.13. The van der Waals surface area contributed by atoms with E-state index in [1.54, 1.807) is 0 Å². The normalized spacial score (nSPS) is 15.1. The highest BCUT2D eigenvalue weighted by atomic mass is 15.3. The first-order valence-corrected chi connectivity index (χ1v) is 8.11. The van der Waals surface area contributed by atoms with Crippen molar-refractivity contribution in [1.29, 1.82) is 0 Å². The van der Waals surface area contributed by atoms with Gasteiger partial charge in [0.1, 0.15) is 0 Å². The number of aromatic nitrogens is 2. The summed E-state index contributed by atoms with van der Waals surface area (Å²) in [5.74, 6) is 0.638. The summed E-state index contributed by atoms with van der Waals surface area (Å²) in [6, 6.07) is 2.83. The van der Waals surface area contributed by atoms with Crippen LogP contribution in [-0.4, -0.2) is 22.4 Å². The van der Waals surface area contributed by atoms with Crippen molar-refractivity contribution in [3.8, 4) is 0 Å². The first-order chi connectivity index (χ1) is 9.32. The maximum Gasteiger partial charge on any atom is 0.0624 e. The summed E-state index contributed by atoms with van der Waals surface area (Å²) in [5, 5.41) is 8.30. The van der Waals surface area contributed by atoms with Gasteiger partial charge in [-0.2, -0.15) is 5.10 Å². The predicted molar refractivity (Wildman–Crippen MR) is 87.1 cm³/mol. The minimum Gasteiger partial charge on any atom is -0.314 e. The molecule has 1 N–H and O–H groups in total. The molecule has 0 bridgehead atoms. The Morgan fingerprint density at radius 2 is 1.90 bits per heavy atom. The summed E-state index contributed by atoms with van der Waals surface area (Å²) >= 11 is 0. The third-order valence-electron chi connectivity index (χ3n) is 4.47. The number of nitrogens with one attached hydrogen (secondary N) is 1. The summed E-state index contributed by atoms with van der Waals surface area (Å²) < 4.78 is 2.18. The lowest BCUT2D eigenvalue weighted by Crippen LogP contribution is -2.41. The summed E-state index contributed by atoms with van der Waals surface area (Å²) in [7, 11) is 0. The maximum atomic E-state index is 4.68. The molecule has 20 heavy (non-hydrogen) atoms. The van der Waals surface area contributed by atoms with Crippen LogP contribution in [0.25, 0.3) is 0 Å². The molecular formula is C17H33N3. The van der Waals surface area contributed by atoms with Crippen LogP contribution in [0.5, 0.6) is 0 Å². The van der Waals surface area contributed by atoms with Gasteiger partial charge in [0.05, 0.1) is 5.69 Å². The number of hydrogen-bond donors (Lipinski definition) is 1. The molecule has 0 radical (unpaired) electrons. The van der Waals surface area contributed by atoms with Gasteiger partial charge in [-0.15, -0.1) is 0 Å². The molecular weight excluding hydrogens is 246 g/mol. The summed E-state index contributed by atoms with van der Waals surface area (Å²) in [4.78, 5) is 0. The van der Waals surface area contributed by atoms with Crippen molar-refractivity contribution in [3.05, 3.63) is 17.5 Å². The third kappa shape index (κ3) is 4.34. The zero-order valence-corrected chi connectivity index (χ0v) is 14.5. The molecule has 0 aromatic carbocycles. The quantitative estimate of drug-likeness (QED) is 0.787. The van der Waals surface area contributed by atoms with Gasteiger partial charge in [-0.05, 0) is 37.2 Å². The molecule has 0 aliphatic heterocycles. The molecule has 0 aliphatic carbocycles. The van der Waals surface area contributed by atoms with Crippen LogP contribution in [0.3, 0.4) is 0 Å². The first kappa shape index (κ1) is 17.2. The van der Waals surface area contributed by atoms with Gasteiger partial charge >= 0.3 is 0 Å². The molecule has 116 valence electrons. The lowest BCUT2D eigenvalue weighted by atomic mass is 9.75. The van der Waals surface area contributed by atoms with Crippen LogP contribution >= 0.6 is 0 Å². The molecule has 0 saturated heterocycles. The van der Waals surface area contributed by atoms with E-state index in [-0.39, 0.29) is 5.41 Å². The minimum atomic E-state index is 0.266. The fraction of sp³-hybridized carbons (Fsp3) is 0.824. The SMILES string of the molecule is CCc1cc(CC(C)(CNC(C)C)C(C)C)n(CC)n1. The lowest BCUT2D eigenvalue weighted by Gasteiger charge is -2.35. The van der Waals surface area contributed by atoms with E-state index < -0.39 is 0 Å². The molecule has 1 atom stereocenters. The molecule has 1 heterocycles. The van der Waals surface area contributed by atoms with Crippen LogP contribution in [0.4, 0.5) is 0 Å². The third-order valence-corrected chi connectivity index (χ3v) is 4.47. The van der Waals surface area contributed by atoms with Crippen molar-refractivity contribution >= 4 is 0 Å². The van der Waals surface area contributed by atoms with Crippen molar-refractivity contribution in [2.24, 2.45) is 11.3 Å². The number of rotatable bonds is 8. The van der Waals surface area contributed by atoms with Gasteiger partial charge in [0.25, 0.3) is 0 Å². The Balaban J connectivity index is 2.92. The van der Waals surface area contributed by atoms with E-state index in [0.29, 0.717) is 12.0 Å². The van der Waals surface area contributed by atoms with Crippen LogP contribution in [-0.2, 0) is 19.4 Å². The molecule has 1 aromatic heterocycles. The fourth-order valence-electron chi connectivity index (χ4n) is 2.43. The van der Waals surface area contributed by atoms with Crippen molar-refractivity contribution in [1.82, 2.24) is 15.1 Å². The topological polar surface area (TPSA) is 29.9 Å². The smallest absolute Gasteiger partial charge is 0.0624 e. The number of aryl methyl sites for hydroxylation is 2. The van der Waals surface area contributed by atoms with Crippen molar-refractivity contribution in [2.75, 3.05) is 6.54 Å². The predicted octanol–water partition coefficient (Wildman–Crippen LogP) is 3.67. The molecule has 1 rings (SSSR count). The second-order valence-electron chi connectivity index (χ2n) is 6.82. The molecule has 1 aromatic rings. The van der Waals surface area contributed by atoms with E-state index in [9.17, 15) is 0 Å². The Bertz CT molecular complexity index is 406. The van der Waals surface area contributed by atoms with Crippen molar-refractivity contribution in [3.63, 3.8) is 0 Å². The minimum absolute atomic E-state index is 0.266.